The highest BCUT2D eigenvalue weighted by Gasteiger charge is 2.27. The van der Waals surface area contributed by atoms with E-state index in [1.54, 1.807) is 12.1 Å². The van der Waals surface area contributed by atoms with E-state index >= 15 is 0 Å². The number of amides is 1. The van der Waals surface area contributed by atoms with Crippen molar-refractivity contribution in [1.82, 2.24) is 9.88 Å². The molecule has 2 heterocycles. The molecule has 0 saturated carbocycles. The van der Waals surface area contributed by atoms with Crippen LogP contribution in [0.5, 0.6) is 5.88 Å². The Morgan fingerprint density at radius 1 is 1.41 bits per heavy atom. The molecule has 8 heteroatoms. The topological polar surface area (TPSA) is 109 Å². The quantitative estimate of drug-likeness (QED) is 0.789. The number of carbonyl (C=O) groups is 2. The number of aromatic nitrogens is 1. The molecular formula is C14H16N2O6. The summed E-state index contributed by atoms with van der Waals surface area (Å²) in [6, 6.07) is 3.29. The predicted molar refractivity (Wildman–Crippen MR) is 75.5 cm³/mol. The summed E-state index contributed by atoms with van der Waals surface area (Å²) < 4.78 is 10.0. The van der Waals surface area contributed by atoms with Gasteiger partial charge in [0.1, 0.15) is 0 Å². The molecule has 0 saturated heterocycles. The molecule has 0 fully saturated rings. The van der Waals surface area contributed by atoms with Crippen LogP contribution < -0.4 is 4.74 Å². The highest BCUT2D eigenvalue weighted by Crippen LogP contribution is 2.29. The molecule has 0 atom stereocenters. The first-order valence-electron chi connectivity index (χ1n) is 6.54. The average Bonchev–Trinajstić information content (AvgIpc) is 2.52. The standard InChI is InChI=1S/C14H16N2O6/c1-21-8-22-12-6-9(2-4-15-12)10-3-5-16(14(19)20)7-11(10)13(17)18/h2,4,6H,3,5,7-8H2,1H3,(H,17,18)(H,19,20). The van der Waals surface area contributed by atoms with Gasteiger partial charge in [-0.25, -0.2) is 14.6 Å². The van der Waals surface area contributed by atoms with E-state index in [0.717, 1.165) is 4.90 Å². The fraction of sp³-hybridized carbons (Fsp3) is 0.357. The molecule has 1 aromatic rings. The SMILES string of the molecule is COCOc1cc(C2=C(C(=O)O)CN(C(=O)O)CC2)ccn1. The fourth-order valence-electron chi connectivity index (χ4n) is 2.24. The minimum absolute atomic E-state index is 0.0358. The summed E-state index contributed by atoms with van der Waals surface area (Å²) >= 11 is 0. The number of aliphatic carboxylic acids is 1. The maximum Gasteiger partial charge on any atom is 0.407 e. The molecule has 1 amide bonds. The van der Waals surface area contributed by atoms with Crippen molar-refractivity contribution in [3.05, 3.63) is 29.5 Å². The van der Waals surface area contributed by atoms with Gasteiger partial charge in [-0.2, -0.15) is 0 Å². The van der Waals surface area contributed by atoms with E-state index in [1.165, 1.54) is 13.3 Å². The Labute approximate surface area is 126 Å². The third-order valence-corrected chi connectivity index (χ3v) is 3.28. The number of carboxylic acid groups (broad SMARTS) is 2. The summed E-state index contributed by atoms with van der Waals surface area (Å²) in [6.45, 7) is 0.142. The molecule has 8 nitrogen and oxygen atoms in total. The molecule has 0 aromatic carbocycles. The van der Waals surface area contributed by atoms with Gasteiger partial charge in [0.25, 0.3) is 0 Å². The van der Waals surface area contributed by atoms with Gasteiger partial charge in [-0.3, -0.25) is 0 Å². The van der Waals surface area contributed by atoms with Gasteiger partial charge < -0.3 is 24.6 Å². The Hall–Kier alpha value is -2.61. The monoisotopic (exact) mass is 308 g/mol. The zero-order valence-corrected chi connectivity index (χ0v) is 12.0. The molecule has 0 unspecified atom stereocenters. The molecule has 0 spiro atoms. The number of nitrogens with zero attached hydrogens (tertiary/aromatic N) is 2. The van der Waals surface area contributed by atoms with Crippen LogP contribution in [0.25, 0.3) is 5.57 Å². The summed E-state index contributed by atoms with van der Waals surface area (Å²) in [5.74, 6) is -0.811. The van der Waals surface area contributed by atoms with Gasteiger partial charge >= 0.3 is 12.1 Å². The normalized spacial score (nSPS) is 14.9. The number of pyridine rings is 1. The number of ether oxygens (including phenoxy) is 2. The first-order chi connectivity index (χ1) is 10.5. The summed E-state index contributed by atoms with van der Waals surface area (Å²) in [5.41, 5.74) is 1.32. The molecule has 2 rings (SSSR count). The number of methoxy groups -OCH3 is 1. The molecular weight excluding hydrogens is 292 g/mol. The number of rotatable bonds is 5. The lowest BCUT2D eigenvalue weighted by Gasteiger charge is -2.27. The average molecular weight is 308 g/mol. The minimum atomic E-state index is -1.13. The summed E-state index contributed by atoms with van der Waals surface area (Å²) in [6.07, 6.45) is 0.703. The number of hydrogen-bond acceptors (Lipinski definition) is 5. The molecule has 1 aromatic heterocycles. The molecule has 0 aliphatic carbocycles. The van der Waals surface area contributed by atoms with E-state index < -0.39 is 12.1 Å². The maximum absolute atomic E-state index is 11.4. The highest BCUT2D eigenvalue weighted by molar-refractivity contribution is 5.98. The second kappa shape index (κ2) is 6.90. The van der Waals surface area contributed by atoms with Gasteiger partial charge in [0.15, 0.2) is 6.79 Å². The van der Waals surface area contributed by atoms with E-state index in [2.05, 4.69) is 4.98 Å². The van der Waals surface area contributed by atoms with Gasteiger partial charge in [-0.15, -0.1) is 0 Å². The summed E-state index contributed by atoms with van der Waals surface area (Å²) in [4.78, 5) is 27.5. The molecule has 22 heavy (non-hydrogen) atoms. The third-order valence-electron chi connectivity index (χ3n) is 3.28. The highest BCUT2D eigenvalue weighted by atomic mass is 16.7. The minimum Gasteiger partial charge on any atom is -0.478 e. The van der Waals surface area contributed by atoms with Gasteiger partial charge in [-0.1, -0.05) is 0 Å². The Bertz CT molecular complexity index is 613. The van der Waals surface area contributed by atoms with Crippen molar-refractivity contribution >= 4 is 17.6 Å². The van der Waals surface area contributed by atoms with Crippen molar-refractivity contribution < 1.29 is 29.3 Å². The lowest BCUT2D eigenvalue weighted by atomic mass is 9.94. The first kappa shape index (κ1) is 15.8. The van der Waals surface area contributed by atoms with Gasteiger partial charge in [-0.05, 0) is 23.6 Å². The van der Waals surface area contributed by atoms with Crippen LogP contribution in [0.2, 0.25) is 0 Å². The van der Waals surface area contributed by atoms with Crippen molar-refractivity contribution in [2.24, 2.45) is 0 Å². The molecule has 1 aliphatic heterocycles. The molecule has 1 aliphatic rings. The van der Waals surface area contributed by atoms with Crippen LogP contribution in [0.3, 0.4) is 0 Å². The second-order valence-electron chi connectivity index (χ2n) is 4.65. The van der Waals surface area contributed by atoms with Crippen molar-refractivity contribution in [3.63, 3.8) is 0 Å². The summed E-state index contributed by atoms with van der Waals surface area (Å²) in [5, 5.41) is 18.3. The lowest BCUT2D eigenvalue weighted by molar-refractivity contribution is -0.132. The van der Waals surface area contributed by atoms with E-state index in [-0.39, 0.29) is 25.5 Å². The Balaban J connectivity index is 2.33. The third kappa shape index (κ3) is 3.53. The molecule has 2 N–H and O–H groups in total. The predicted octanol–water partition coefficient (Wildman–Crippen LogP) is 1.29. The van der Waals surface area contributed by atoms with Gasteiger partial charge in [0.2, 0.25) is 5.88 Å². The first-order valence-corrected chi connectivity index (χ1v) is 6.54. The van der Waals surface area contributed by atoms with Crippen LogP contribution in [-0.4, -0.2) is 59.2 Å². The van der Waals surface area contributed by atoms with Crippen molar-refractivity contribution in [2.45, 2.75) is 6.42 Å². The van der Waals surface area contributed by atoms with E-state index in [4.69, 9.17) is 14.6 Å². The zero-order chi connectivity index (χ0) is 16.1. The largest absolute Gasteiger partial charge is 0.478 e. The van der Waals surface area contributed by atoms with Crippen LogP contribution in [0.4, 0.5) is 4.79 Å². The zero-order valence-electron chi connectivity index (χ0n) is 12.0. The van der Waals surface area contributed by atoms with Crippen LogP contribution in [0, 0.1) is 0 Å². The van der Waals surface area contributed by atoms with Crippen LogP contribution in [0.15, 0.2) is 23.9 Å². The Morgan fingerprint density at radius 2 is 2.18 bits per heavy atom. The Morgan fingerprint density at radius 3 is 2.82 bits per heavy atom. The van der Waals surface area contributed by atoms with E-state index in [9.17, 15) is 14.7 Å². The fourth-order valence-corrected chi connectivity index (χ4v) is 2.24. The van der Waals surface area contributed by atoms with Crippen LogP contribution in [0.1, 0.15) is 12.0 Å². The maximum atomic E-state index is 11.4. The van der Waals surface area contributed by atoms with E-state index in [0.29, 0.717) is 23.4 Å². The molecule has 118 valence electrons. The summed E-state index contributed by atoms with van der Waals surface area (Å²) in [7, 11) is 1.48. The molecule has 0 radical (unpaired) electrons. The van der Waals surface area contributed by atoms with Gasteiger partial charge in [0.05, 0.1) is 12.1 Å². The number of hydrogen-bond donors (Lipinski definition) is 2. The van der Waals surface area contributed by atoms with Crippen molar-refractivity contribution in [2.75, 3.05) is 27.0 Å². The van der Waals surface area contributed by atoms with E-state index in [1.807, 2.05) is 0 Å². The van der Waals surface area contributed by atoms with Gasteiger partial charge in [0, 0.05) is 25.9 Å². The second-order valence-corrected chi connectivity index (χ2v) is 4.65. The smallest absolute Gasteiger partial charge is 0.407 e. The Kier molecular flexibility index (Phi) is 4.95. The molecule has 0 bridgehead atoms. The van der Waals surface area contributed by atoms with Crippen molar-refractivity contribution in [1.29, 1.82) is 0 Å². The van der Waals surface area contributed by atoms with Crippen LogP contribution in [-0.2, 0) is 9.53 Å². The van der Waals surface area contributed by atoms with Crippen LogP contribution >= 0.6 is 0 Å². The lowest BCUT2D eigenvalue weighted by Crippen LogP contribution is -2.37. The van der Waals surface area contributed by atoms with Crippen molar-refractivity contribution in [3.8, 4) is 5.88 Å². The number of carboxylic acids is 1.